The van der Waals surface area contributed by atoms with Crippen LogP contribution in [0.3, 0.4) is 0 Å². The average Bonchev–Trinajstić information content (AvgIpc) is 2.48. The topological polar surface area (TPSA) is 29.5 Å². The summed E-state index contributed by atoms with van der Waals surface area (Å²) >= 11 is 0. The van der Waals surface area contributed by atoms with Crippen molar-refractivity contribution in [2.75, 3.05) is 6.54 Å². The van der Waals surface area contributed by atoms with Gasteiger partial charge in [-0.2, -0.15) is 0 Å². The van der Waals surface area contributed by atoms with Crippen molar-refractivity contribution in [3.05, 3.63) is 11.8 Å². The van der Waals surface area contributed by atoms with E-state index in [1.807, 2.05) is 25.7 Å². The van der Waals surface area contributed by atoms with Crippen LogP contribution >= 0.6 is 0 Å². The summed E-state index contributed by atoms with van der Waals surface area (Å²) in [6.45, 7) is 8.70. The molecule has 0 N–H and O–H groups in total. The Bertz CT molecular complexity index is 302. The molecule has 0 unspecified atom stereocenters. The van der Waals surface area contributed by atoms with Crippen LogP contribution in [0, 0.1) is 0 Å². The van der Waals surface area contributed by atoms with Crippen molar-refractivity contribution in [2.24, 2.45) is 0 Å². The lowest BCUT2D eigenvalue weighted by Gasteiger charge is -2.28. The Morgan fingerprint density at radius 1 is 1.33 bits per heavy atom. The molecule has 0 aromatic carbocycles. The number of allylic oxidation sites excluding steroid dienone is 2. The highest BCUT2D eigenvalue weighted by molar-refractivity contribution is 5.70. The molecule has 3 heteroatoms. The molecule has 1 heterocycles. The maximum atomic E-state index is 12.2. The van der Waals surface area contributed by atoms with E-state index in [1.165, 1.54) is 12.8 Å². The molecular formula is C15H27NO2. The summed E-state index contributed by atoms with van der Waals surface area (Å²) in [7, 11) is 0. The van der Waals surface area contributed by atoms with Crippen molar-refractivity contribution in [3.63, 3.8) is 0 Å². The number of amides is 1. The van der Waals surface area contributed by atoms with Crippen molar-refractivity contribution in [1.29, 1.82) is 0 Å². The normalized spacial score (nSPS) is 19.8. The molecule has 3 nitrogen and oxygen atoms in total. The SMILES string of the molecule is CCC/C=C1\CCCCCN1C(=O)OC(C)(C)C. The number of nitrogens with zero attached hydrogens (tertiary/aromatic N) is 1. The summed E-state index contributed by atoms with van der Waals surface area (Å²) < 4.78 is 5.49. The van der Waals surface area contributed by atoms with Gasteiger partial charge in [0.05, 0.1) is 0 Å². The first-order valence-corrected chi connectivity index (χ1v) is 7.13. The summed E-state index contributed by atoms with van der Waals surface area (Å²) in [6, 6.07) is 0. The van der Waals surface area contributed by atoms with Gasteiger partial charge in [-0.1, -0.05) is 25.8 Å². The fourth-order valence-corrected chi connectivity index (χ4v) is 2.08. The smallest absolute Gasteiger partial charge is 0.414 e. The molecule has 104 valence electrons. The Kier molecular flexibility index (Phi) is 5.70. The second-order valence-corrected chi connectivity index (χ2v) is 5.93. The second-order valence-electron chi connectivity index (χ2n) is 5.93. The molecule has 0 bridgehead atoms. The van der Waals surface area contributed by atoms with Gasteiger partial charge in [-0.3, -0.25) is 4.90 Å². The monoisotopic (exact) mass is 253 g/mol. The van der Waals surface area contributed by atoms with E-state index >= 15 is 0 Å². The van der Waals surface area contributed by atoms with E-state index in [2.05, 4.69) is 13.0 Å². The first kappa shape index (κ1) is 15.1. The fourth-order valence-electron chi connectivity index (χ4n) is 2.08. The van der Waals surface area contributed by atoms with Gasteiger partial charge in [-0.15, -0.1) is 0 Å². The highest BCUT2D eigenvalue weighted by Gasteiger charge is 2.25. The van der Waals surface area contributed by atoms with Gasteiger partial charge >= 0.3 is 6.09 Å². The minimum absolute atomic E-state index is 0.188. The van der Waals surface area contributed by atoms with E-state index in [1.54, 1.807) is 0 Å². The molecule has 0 aliphatic carbocycles. The van der Waals surface area contributed by atoms with Crippen molar-refractivity contribution in [2.45, 2.75) is 71.8 Å². The van der Waals surface area contributed by atoms with Crippen LogP contribution in [0.5, 0.6) is 0 Å². The van der Waals surface area contributed by atoms with Crippen LogP contribution in [0.2, 0.25) is 0 Å². The number of ether oxygens (including phenoxy) is 1. The number of hydrogen-bond donors (Lipinski definition) is 0. The predicted molar refractivity (Wildman–Crippen MR) is 74.4 cm³/mol. The number of carbonyl (C=O) groups excluding carboxylic acids is 1. The molecule has 1 fully saturated rings. The number of carbonyl (C=O) groups is 1. The Morgan fingerprint density at radius 3 is 2.67 bits per heavy atom. The summed E-state index contributed by atoms with van der Waals surface area (Å²) in [4.78, 5) is 14.0. The third-order valence-corrected chi connectivity index (χ3v) is 2.94. The lowest BCUT2D eigenvalue weighted by Crippen LogP contribution is -2.36. The Labute approximate surface area is 111 Å². The molecular weight excluding hydrogens is 226 g/mol. The lowest BCUT2D eigenvalue weighted by atomic mass is 10.1. The summed E-state index contributed by atoms with van der Waals surface area (Å²) in [5, 5.41) is 0. The first-order valence-electron chi connectivity index (χ1n) is 7.13. The minimum atomic E-state index is -0.417. The summed E-state index contributed by atoms with van der Waals surface area (Å²) in [6.07, 6.45) is 8.61. The number of likely N-dealkylation sites (tertiary alicyclic amines) is 1. The number of unbranched alkanes of at least 4 members (excludes halogenated alkanes) is 1. The largest absolute Gasteiger partial charge is 0.443 e. The molecule has 1 amide bonds. The summed E-state index contributed by atoms with van der Waals surface area (Å²) in [5.41, 5.74) is 0.739. The third kappa shape index (κ3) is 5.11. The quantitative estimate of drug-likeness (QED) is 0.726. The zero-order valence-corrected chi connectivity index (χ0v) is 12.3. The molecule has 0 radical (unpaired) electrons. The van der Waals surface area contributed by atoms with Crippen LogP contribution in [0.1, 0.15) is 66.2 Å². The van der Waals surface area contributed by atoms with Gasteiger partial charge in [-0.25, -0.2) is 4.79 Å². The van der Waals surface area contributed by atoms with E-state index in [0.717, 1.165) is 37.9 Å². The van der Waals surface area contributed by atoms with Crippen LogP contribution in [-0.4, -0.2) is 23.1 Å². The number of hydrogen-bond acceptors (Lipinski definition) is 2. The van der Waals surface area contributed by atoms with Crippen molar-refractivity contribution >= 4 is 6.09 Å². The molecule has 0 saturated carbocycles. The van der Waals surface area contributed by atoms with Crippen LogP contribution < -0.4 is 0 Å². The molecule has 0 aromatic heterocycles. The Morgan fingerprint density at radius 2 is 2.06 bits per heavy atom. The lowest BCUT2D eigenvalue weighted by molar-refractivity contribution is 0.0312. The average molecular weight is 253 g/mol. The van der Waals surface area contributed by atoms with Crippen molar-refractivity contribution in [1.82, 2.24) is 4.90 Å². The number of rotatable bonds is 2. The molecule has 1 aliphatic rings. The van der Waals surface area contributed by atoms with Crippen LogP contribution in [-0.2, 0) is 4.74 Å². The van der Waals surface area contributed by atoms with E-state index in [-0.39, 0.29) is 6.09 Å². The predicted octanol–water partition coefficient (Wildman–Crippen LogP) is 4.48. The molecule has 1 rings (SSSR count). The molecule has 0 aromatic rings. The molecule has 1 aliphatic heterocycles. The van der Waals surface area contributed by atoms with Gasteiger partial charge in [0.1, 0.15) is 5.60 Å². The first-order chi connectivity index (χ1) is 8.44. The van der Waals surface area contributed by atoms with E-state index in [4.69, 9.17) is 4.74 Å². The van der Waals surface area contributed by atoms with Crippen LogP contribution in [0.15, 0.2) is 11.8 Å². The molecule has 1 saturated heterocycles. The van der Waals surface area contributed by atoms with Gasteiger partial charge in [0.15, 0.2) is 0 Å². The van der Waals surface area contributed by atoms with Crippen LogP contribution in [0.4, 0.5) is 4.79 Å². The minimum Gasteiger partial charge on any atom is -0.443 e. The highest BCUT2D eigenvalue weighted by atomic mass is 16.6. The van der Waals surface area contributed by atoms with E-state index in [0.29, 0.717) is 0 Å². The molecule has 0 atom stereocenters. The molecule has 18 heavy (non-hydrogen) atoms. The van der Waals surface area contributed by atoms with Crippen molar-refractivity contribution in [3.8, 4) is 0 Å². The third-order valence-electron chi connectivity index (χ3n) is 2.94. The maximum absolute atomic E-state index is 12.2. The van der Waals surface area contributed by atoms with Crippen LogP contribution in [0.25, 0.3) is 0 Å². The zero-order chi connectivity index (χ0) is 13.6. The summed E-state index contributed by atoms with van der Waals surface area (Å²) in [5.74, 6) is 0. The molecule has 0 spiro atoms. The van der Waals surface area contributed by atoms with Gasteiger partial charge in [0.25, 0.3) is 0 Å². The zero-order valence-electron chi connectivity index (χ0n) is 12.3. The van der Waals surface area contributed by atoms with Crippen molar-refractivity contribution < 1.29 is 9.53 Å². The second kappa shape index (κ2) is 6.81. The van der Waals surface area contributed by atoms with E-state index in [9.17, 15) is 4.79 Å². The van der Waals surface area contributed by atoms with Gasteiger partial charge in [0, 0.05) is 12.2 Å². The standard InChI is InChI=1S/C15H27NO2/c1-5-6-10-13-11-8-7-9-12-16(13)14(17)18-15(2,3)4/h10H,5-9,11-12H2,1-4H3/b13-10+. The van der Waals surface area contributed by atoms with Gasteiger partial charge < -0.3 is 4.74 Å². The Balaban J connectivity index is 2.75. The Hall–Kier alpha value is -0.990. The fraction of sp³-hybridized carbons (Fsp3) is 0.800. The van der Waals surface area contributed by atoms with Gasteiger partial charge in [0.2, 0.25) is 0 Å². The van der Waals surface area contributed by atoms with Gasteiger partial charge in [-0.05, 0) is 46.5 Å². The van der Waals surface area contributed by atoms with E-state index < -0.39 is 5.60 Å². The highest BCUT2D eigenvalue weighted by Crippen LogP contribution is 2.23. The maximum Gasteiger partial charge on any atom is 0.414 e.